The van der Waals surface area contributed by atoms with E-state index >= 15 is 0 Å². The summed E-state index contributed by atoms with van der Waals surface area (Å²) in [5.74, 6) is 1.49. The second-order valence-corrected chi connectivity index (χ2v) is 17.2. The highest BCUT2D eigenvalue weighted by Crippen LogP contribution is 2.46. The summed E-state index contributed by atoms with van der Waals surface area (Å²) in [6.07, 6.45) is 0.787. The zero-order chi connectivity index (χ0) is 19.8. The molecule has 1 N–H and O–H groups in total. The Morgan fingerprint density at radius 2 is 1.81 bits per heavy atom. The van der Waals surface area contributed by atoms with E-state index in [0.717, 1.165) is 0 Å². The first-order chi connectivity index (χ1) is 11.8. The molecule has 152 valence electrons. The third-order valence-electron chi connectivity index (χ3n) is 5.93. The van der Waals surface area contributed by atoms with Gasteiger partial charge >= 0.3 is 5.97 Å². The Morgan fingerprint density at radius 3 is 2.35 bits per heavy atom. The van der Waals surface area contributed by atoms with Crippen LogP contribution in [0.3, 0.4) is 0 Å². The molecule has 0 unspecified atom stereocenters. The van der Waals surface area contributed by atoms with Crippen molar-refractivity contribution in [2.24, 2.45) is 11.3 Å². The van der Waals surface area contributed by atoms with Gasteiger partial charge in [-0.1, -0.05) is 34.6 Å². The number of cyclic esters (lactones) is 1. The summed E-state index contributed by atoms with van der Waals surface area (Å²) in [6.45, 7) is 15.6. The standard InChI is InChI=1S/C19H36O4S2Si/c1-18(2,3)26(6,7)23-14-12-22-16(21)15(14)13(20)11-19(4,5)17-24-9-8-10-25-17/h13-15,17,20H,8-12H2,1-7H3/t13-,14+,15-/m0/s1. The Bertz CT molecular complexity index is 498. The average molecular weight is 421 g/mol. The zero-order valence-electron chi connectivity index (χ0n) is 17.3. The van der Waals surface area contributed by atoms with E-state index in [1.807, 2.05) is 23.5 Å². The van der Waals surface area contributed by atoms with Crippen molar-refractivity contribution in [2.75, 3.05) is 18.1 Å². The van der Waals surface area contributed by atoms with Crippen LogP contribution in [0.2, 0.25) is 18.1 Å². The fourth-order valence-electron chi connectivity index (χ4n) is 3.28. The minimum absolute atomic E-state index is 0.0421. The van der Waals surface area contributed by atoms with Gasteiger partial charge in [0.15, 0.2) is 8.32 Å². The predicted octanol–water partition coefficient (Wildman–Crippen LogP) is 4.52. The molecule has 3 atom stereocenters. The first kappa shape index (κ1) is 22.6. The SMILES string of the molecule is CC(C)(C[C@H](O)[C@@H]1C(=O)OC[C@H]1O[Si](C)(C)C(C)(C)C)C1SCCCS1. The minimum Gasteiger partial charge on any atom is -0.463 e. The molecular formula is C19H36O4S2Si. The van der Waals surface area contributed by atoms with E-state index in [4.69, 9.17) is 9.16 Å². The smallest absolute Gasteiger partial charge is 0.314 e. The predicted molar refractivity (Wildman–Crippen MR) is 114 cm³/mol. The number of aliphatic hydroxyl groups is 1. The average Bonchev–Trinajstić information content (AvgIpc) is 2.86. The fraction of sp³-hybridized carbons (Fsp3) is 0.947. The second-order valence-electron chi connectivity index (χ2n) is 9.76. The number of hydrogen-bond acceptors (Lipinski definition) is 6. The quantitative estimate of drug-likeness (QED) is 0.503. The van der Waals surface area contributed by atoms with Crippen LogP contribution in [-0.4, -0.2) is 54.3 Å². The Hall–Kier alpha value is 0.307. The molecule has 2 heterocycles. The molecule has 0 aromatic heterocycles. The lowest BCUT2D eigenvalue weighted by Gasteiger charge is -2.41. The van der Waals surface area contributed by atoms with Gasteiger partial charge in [-0.05, 0) is 47.9 Å². The molecule has 7 heteroatoms. The summed E-state index contributed by atoms with van der Waals surface area (Å²) in [7, 11) is -2.03. The van der Waals surface area contributed by atoms with Crippen LogP contribution in [0.25, 0.3) is 0 Å². The maximum atomic E-state index is 12.4. The van der Waals surface area contributed by atoms with Crippen LogP contribution in [0.4, 0.5) is 0 Å². The molecule has 2 fully saturated rings. The van der Waals surface area contributed by atoms with E-state index in [1.54, 1.807) is 0 Å². The molecule has 0 aliphatic carbocycles. The van der Waals surface area contributed by atoms with Gasteiger partial charge in [-0.15, -0.1) is 23.5 Å². The van der Waals surface area contributed by atoms with Crippen molar-refractivity contribution in [3.8, 4) is 0 Å². The van der Waals surface area contributed by atoms with Crippen LogP contribution in [0.5, 0.6) is 0 Å². The third kappa shape index (κ3) is 5.22. The highest BCUT2D eigenvalue weighted by molar-refractivity contribution is 8.17. The number of rotatable bonds is 6. The van der Waals surface area contributed by atoms with Gasteiger partial charge in [-0.25, -0.2) is 0 Å². The largest absolute Gasteiger partial charge is 0.463 e. The molecule has 2 saturated heterocycles. The van der Waals surface area contributed by atoms with E-state index in [1.165, 1.54) is 17.9 Å². The Balaban J connectivity index is 2.07. The van der Waals surface area contributed by atoms with Gasteiger partial charge in [0.2, 0.25) is 0 Å². The molecular weight excluding hydrogens is 384 g/mol. The number of carbonyl (C=O) groups excluding carboxylic acids is 1. The van der Waals surface area contributed by atoms with Gasteiger partial charge in [0.05, 0.1) is 16.8 Å². The molecule has 2 aliphatic heterocycles. The highest BCUT2D eigenvalue weighted by atomic mass is 32.2. The van der Waals surface area contributed by atoms with Crippen molar-refractivity contribution in [1.82, 2.24) is 0 Å². The van der Waals surface area contributed by atoms with Crippen molar-refractivity contribution >= 4 is 37.8 Å². The lowest BCUT2D eigenvalue weighted by molar-refractivity contribution is -0.144. The Kier molecular flexibility index (Phi) is 7.26. The summed E-state index contributed by atoms with van der Waals surface area (Å²) >= 11 is 3.96. The first-order valence-electron chi connectivity index (χ1n) is 9.61. The van der Waals surface area contributed by atoms with Crippen molar-refractivity contribution < 1.29 is 19.1 Å². The van der Waals surface area contributed by atoms with Crippen LogP contribution in [0.15, 0.2) is 0 Å². The van der Waals surface area contributed by atoms with E-state index in [2.05, 4.69) is 47.7 Å². The van der Waals surface area contributed by atoms with E-state index in [9.17, 15) is 9.90 Å². The molecule has 0 radical (unpaired) electrons. The summed E-state index contributed by atoms with van der Waals surface area (Å²) < 4.78 is 12.2. The minimum atomic E-state index is -2.03. The number of ether oxygens (including phenoxy) is 1. The topological polar surface area (TPSA) is 55.8 Å². The van der Waals surface area contributed by atoms with Crippen LogP contribution >= 0.6 is 23.5 Å². The van der Waals surface area contributed by atoms with Gasteiger partial charge in [-0.2, -0.15) is 0 Å². The first-order valence-corrected chi connectivity index (χ1v) is 14.6. The molecule has 0 aromatic carbocycles. The number of thioether (sulfide) groups is 2. The molecule has 0 bridgehead atoms. The van der Waals surface area contributed by atoms with Crippen molar-refractivity contribution in [2.45, 2.75) is 82.4 Å². The molecule has 0 saturated carbocycles. The van der Waals surface area contributed by atoms with Crippen molar-refractivity contribution in [1.29, 1.82) is 0 Å². The van der Waals surface area contributed by atoms with Crippen LogP contribution in [0.1, 0.15) is 47.5 Å². The molecule has 26 heavy (non-hydrogen) atoms. The maximum absolute atomic E-state index is 12.4. The summed E-state index contributed by atoms with van der Waals surface area (Å²) in [5.41, 5.74) is -0.0421. The maximum Gasteiger partial charge on any atom is 0.314 e. The normalized spacial score (nSPS) is 27.5. The van der Waals surface area contributed by atoms with Crippen LogP contribution in [-0.2, 0) is 14.0 Å². The van der Waals surface area contributed by atoms with Crippen molar-refractivity contribution in [3.63, 3.8) is 0 Å². The number of esters is 1. The number of hydrogen-bond donors (Lipinski definition) is 1. The van der Waals surface area contributed by atoms with Crippen LogP contribution in [0, 0.1) is 11.3 Å². The van der Waals surface area contributed by atoms with Gasteiger partial charge in [0.25, 0.3) is 0 Å². The second kappa shape index (κ2) is 8.35. The van der Waals surface area contributed by atoms with E-state index < -0.39 is 20.3 Å². The summed E-state index contributed by atoms with van der Waals surface area (Å²) in [6, 6.07) is 0. The Morgan fingerprint density at radius 1 is 1.23 bits per heavy atom. The molecule has 0 spiro atoms. The van der Waals surface area contributed by atoms with Crippen molar-refractivity contribution in [3.05, 3.63) is 0 Å². The molecule has 2 rings (SSSR count). The highest BCUT2D eigenvalue weighted by Gasteiger charge is 2.49. The summed E-state index contributed by atoms with van der Waals surface area (Å²) in [5, 5.41) is 11.0. The lowest BCUT2D eigenvalue weighted by Crippen LogP contribution is -2.48. The molecule has 0 amide bonds. The van der Waals surface area contributed by atoms with Gasteiger partial charge in [0.1, 0.15) is 12.5 Å². The fourth-order valence-corrected chi connectivity index (χ4v) is 7.90. The van der Waals surface area contributed by atoms with Crippen LogP contribution < -0.4 is 0 Å². The van der Waals surface area contributed by atoms with Gasteiger partial charge in [-0.3, -0.25) is 4.79 Å². The number of aliphatic hydroxyl groups excluding tert-OH is 1. The van der Waals surface area contributed by atoms with E-state index in [0.29, 0.717) is 11.0 Å². The lowest BCUT2D eigenvalue weighted by atomic mass is 9.83. The molecule has 0 aromatic rings. The summed E-state index contributed by atoms with van der Waals surface area (Å²) in [4.78, 5) is 12.4. The third-order valence-corrected chi connectivity index (χ3v) is 14.2. The number of carbonyl (C=O) groups is 1. The molecule has 4 nitrogen and oxygen atoms in total. The molecule has 2 aliphatic rings. The monoisotopic (exact) mass is 420 g/mol. The van der Waals surface area contributed by atoms with Gasteiger partial charge in [0, 0.05) is 0 Å². The van der Waals surface area contributed by atoms with Gasteiger partial charge < -0.3 is 14.3 Å². The van der Waals surface area contributed by atoms with E-state index in [-0.39, 0.29) is 29.1 Å². The Labute approximate surface area is 168 Å². The zero-order valence-corrected chi connectivity index (χ0v) is 20.0.